The molecule has 4 nitrogen and oxygen atoms in total. The number of allylic oxidation sites excluding steroid dienone is 1. The first-order chi connectivity index (χ1) is 8.26. The van der Waals surface area contributed by atoms with E-state index in [2.05, 4.69) is 0 Å². The Hall–Kier alpha value is -1.97. The van der Waals surface area contributed by atoms with Gasteiger partial charge in [0.15, 0.2) is 0 Å². The number of methoxy groups -OCH3 is 2. The zero-order chi connectivity index (χ0) is 12.3. The highest BCUT2D eigenvalue weighted by molar-refractivity contribution is 5.83. The van der Waals surface area contributed by atoms with Crippen LogP contribution in [0.3, 0.4) is 0 Å². The third-order valence-electron chi connectivity index (χ3n) is 2.58. The highest BCUT2D eigenvalue weighted by Crippen LogP contribution is 2.36. The van der Waals surface area contributed by atoms with Gasteiger partial charge in [-0.05, 0) is 24.6 Å². The first kappa shape index (κ1) is 11.5. The van der Waals surface area contributed by atoms with Crippen LogP contribution >= 0.6 is 0 Å². The number of carbonyl (C=O) groups excluding carboxylic acids is 1. The second-order valence-corrected chi connectivity index (χ2v) is 3.62. The van der Waals surface area contributed by atoms with E-state index in [9.17, 15) is 4.79 Å². The summed E-state index contributed by atoms with van der Waals surface area (Å²) in [5.74, 6) is 1.54. The van der Waals surface area contributed by atoms with Gasteiger partial charge in [-0.3, -0.25) is 4.79 Å². The van der Waals surface area contributed by atoms with E-state index in [1.54, 1.807) is 26.4 Å². The maximum absolute atomic E-state index is 11.3. The second-order valence-electron chi connectivity index (χ2n) is 3.62. The minimum absolute atomic E-state index is 0.226. The number of carbonyl (C=O) groups is 1. The van der Waals surface area contributed by atoms with E-state index in [1.807, 2.05) is 12.1 Å². The lowest BCUT2D eigenvalue weighted by atomic mass is 10.1. The predicted octanol–water partition coefficient (Wildman–Crippen LogP) is 2.38. The Morgan fingerprint density at radius 3 is 2.35 bits per heavy atom. The van der Waals surface area contributed by atoms with E-state index in [0.29, 0.717) is 35.7 Å². The van der Waals surface area contributed by atoms with E-state index in [4.69, 9.17) is 14.2 Å². The number of cyclic esters (lactones) is 1. The Bertz CT molecular complexity index is 440. The molecule has 0 aliphatic carbocycles. The summed E-state index contributed by atoms with van der Waals surface area (Å²) in [6.45, 7) is 0. The molecule has 0 aromatic heterocycles. The molecular formula is C13H14O4. The topological polar surface area (TPSA) is 44.8 Å². The SMILES string of the molecule is COc1cccc(OC)c1C1=CCCC(=O)O1. The Morgan fingerprint density at radius 2 is 1.82 bits per heavy atom. The zero-order valence-corrected chi connectivity index (χ0v) is 9.86. The molecule has 1 aromatic rings. The molecule has 1 aromatic carbocycles. The van der Waals surface area contributed by atoms with E-state index in [0.717, 1.165) is 0 Å². The molecular weight excluding hydrogens is 220 g/mol. The van der Waals surface area contributed by atoms with Crippen molar-refractivity contribution in [1.29, 1.82) is 0 Å². The summed E-state index contributed by atoms with van der Waals surface area (Å²) in [4.78, 5) is 11.3. The summed E-state index contributed by atoms with van der Waals surface area (Å²) in [7, 11) is 3.15. The maximum Gasteiger partial charge on any atom is 0.311 e. The van der Waals surface area contributed by atoms with E-state index < -0.39 is 0 Å². The van der Waals surface area contributed by atoms with Gasteiger partial charge in [0, 0.05) is 6.42 Å². The van der Waals surface area contributed by atoms with E-state index >= 15 is 0 Å². The summed E-state index contributed by atoms with van der Waals surface area (Å²) >= 11 is 0. The van der Waals surface area contributed by atoms with Crippen LogP contribution in [0.4, 0.5) is 0 Å². The zero-order valence-electron chi connectivity index (χ0n) is 9.86. The molecule has 1 heterocycles. The van der Waals surface area contributed by atoms with Crippen LogP contribution in [0.1, 0.15) is 18.4 Å². The predicted molar refractivity (Wildman–Crippen MR) is 62.8 cm³/mol. The lowest BCUT2D eigenvalue weighted by molar-refractivity contribution is -0.137. The number of hydrogen-bond acceptors (Lipinski definition) is 4. The molecule has 0 radical (unpaired) electrons. The lowest BCUT2D eigenvalue weighted by Gasteiger charge is -2.18. The minimum atomic E-state index is -0.226. The molecule has 4 heteroatoms. The lowest BCUT2D eigenvalue weighted by Crippen LogP contribution is -2.09. The molecule has 0 N–H and O–H groups in total. The molecule has 1 aliphatic heterocycles. The maximum atomic E-state index is 11.3. The van der Waals surface area contributed by atoms with Gasteiger partial charge in [0.2, 0.25) is 0 Å². The number of ether oxygens (including phenoxy) is 3. The molecule has 90 valence electrons. The standard InChI is InChI=1S/C13H14O4/c1-15-9-5-3-6-10(16-2)13(9)11-7-4-8-12(14)17-11/h3,5-7H,4,8H2,1-2H3. The fraction of sp³-hybridized carbons (Fsp3) is 0.308. The molecule has 2 rings (SSSR count). The average molecular weight is 234 g/mol. The normalized spacial score (nSPS) is 14.9. The van der Waals surface area contributed by atoms with E-state index in [1.165, 1.54) is 0 Å². The van der Waals surface area contributed by atoms with Gasteiger partial charge in [0.25, 0.3) is 0 Å². The van der Waals surface area contributed by atoms with Crippen molar-refractivity contribution in [3.05, 3.63) is 29.8 Å². The van der Waals surface area contributed by atoms with Gasteiger partial charge in [0.05, 0.1) is 14.2 Å². The van der Waals surface area contributed by atoms with Crippen molar-refractivity contribution >= 4 is 11.7 Å². The smallest absolute Gasteiger partial charge is 0.311 e. The molecule has 1 aliphatic rings. The Kier molecular flexibility index (Phi) is 3.32. The Balaban J connectivity index is 2.49. The van der Waals surface area contributed by atoms with Gasteiger partial charge < -0.3 is 14.2 Å². The van der Waals surface area contributed by atoms with Crippen LogP contribution in [0.15, 0.2) is 24.3 Å². The molecule has 0 spiro atoms. The number of benzene rings is 1. The van der Waals surface area contributed by atoms with Gasteiger partial charge in [-0.1, -0.05) is 6.07 Å². The van der Waals surface area contributed by atoms with Crippen LogP contribution in [0.25, 0.3) is 5.76 Å². The highest BCUT2D eigenvalue weighted by Gasteiger charge is 2.21. The van der Waals surface area contributed by atoms with Gasteiger partial charge >= 0.3 is 5.97 Å². The Morgan fingerprint density at radius 1 is 1.18 bits per heavy atom. The molecule has 0 saturated carbocycles. The van der Waals surface area contributed by atoms with Crippen LogP contribution in [-0.2, 0) is 9.53 Å². The van der Waals surface area contributed by atoms with Gasteiger partial charge in [-0.25, -0.2) is 0 Å². The van der Waals surface area contributed by atoms with Crippen molar-refractivity contribution in [1.82, 2.24) is 0 Å². The first-order valence-electron chi connectivity index (χ1n) is 5.38. The summed E-state index contributed by atoms with van der Waals surface area (Å²) < 4.78 is 15.7. The summed E-state index contributed by atoms with van der Waals surface area (Å²) in [6, 6.07) is 5.44. The van der Waals surface area contributed by atoms with Crippen molar-refractivity contribution in [3.8, 4) is 11.5 Å². The number of rotatable bonds is 3. The van der Waals surface area contributed by atoms with Gasteiger partial charge in [-0.2, -0.15) is 0 Å². The van der Waals surface area contributed by atoms with Gasteiger partial charge in [-0.15, -0.1) is 0 Å². The average Bonchev–Trinajstić information content (AvgIpc) is 2.37. The Labute approximate surface area is 99.8 Å². The molecule has 0 bridgehead atoms. The molecule has 0 unspecified atom stereocenters. The molecule has 0 amide bonds. The molecule has 0 fully saturated rings. The third kappa shape index (κ3) is 2.25. The van der Waals surface area contributed by atoms with Crippen LogP contribution in [-0.4, -0.2) is 20.2 Å². The highest BCUT2D eigenvalue weighted by atomic mass is 16.5. The fourth-order valence-corrected chi connectivity index (χ4v) is 1.78. The summed E-state index contributed by atoms with van der Waals surface area (Å²) in [6.07, 6.45) is 2.97. The van der Waals surface area contributed by atoms with Crippen molar-refractivity contribution in [2.45, 2.75) is 12.8 Å². The quantitative estimate of drug-likeness (QED) is 0.753. The fourth-order valence-electron chi connectivity index (χ4n) is 1.78. The van der Waals surface area contributed by atoms with Crippen molar-refractivity contribution in [3.63, 3.8) is 0 Å². The molecule has 0 saturated heterocycles. The molecule has 17 heavy (non-hydrogen) atoms. The van der Waals surface area contributed by atoms with Crippen LogP contribution in [0, 0.1) is 0 Å². The minimum Gasteiger partial charge on any atom is -0.496 e. The third-order valence-corrected chi connectivity index (χ3v) is 2.58. The molecule has 0 atom stereocenters. The van der Waals surface area contributed by atoms with Crippen molar-refractivity contribution in [2.75, 3.05) is 14.2 Å². The summed E-state index contributed by atoms with van der Waals surface area (Å²) in [5, 5.41) is 0. The van der Waals surface area contributed by atoms with Crippen molar-refractivity contribution < 1.29 is 19.0 Å². The number of esters is 1. The number of hydrogen-bond donors (Lipinski definition) is 0. The van der Waals surface area contributed by atoms with E-state index in [-0.39, 0.29) is 5.97 Å². The van der Waals surface area contributed by atoms with Crippen LogP contribution in [0.2, 0.25) is 0 Å². The summed E-state index contributed by atoms with van der Waals surface area (Å²) in [5.41, 5.74) is 0.686. The van der Waals surface area contributed by atoms with Crippen LogP contribution in [0.5, 0.6) is 11.5 Å². The van der Waals surface area contributed by atoms with Crippen molar-refractivity contribution in [2.24, 2.45) is 0 Å². The first-order valence-corrected chi connectivity index (χ1v) is 5.38. The van der Waals surface area contributed by atoms with Gasteiger partial charge in [0.1, 0.15) is 22.8 Å². The second kappa shape index (κ2) is 4.91. The van der Waals surface area contributed by atoms with Crippen LogP contribution < -0.4 is 9.47 Å². The monoisotopic (exact) mass is 234 g/mol. The largest absolute Gasteiger partial charge is 0.496 e.